The van der Waals surface area contributed by atoms with Crippen molar-refractivity contribution in [2.45, 2.75) is 6.92 Å². The summed E-state index contributed by atoms with van der Waals surface area (Å²) in [5.74, 6) is 0.894. The van der Waals surface area contributed by atoms with Crippen LogP contribution in [0, 0.1) is 0 Å². The minimum Gasteiger partial charge on any atom is -0.496 e. The van der Waals surface area contributed by atoms with E-state index in [9.17, 15) is 9.59 Å². The first-order valence-corrected chi connectivity index (χ1v) is 11.2. The molecule has 0 saturated heterocycles. The van der Waals surface area contributed by atoms with Crippen LogP contribution in [0.5, 0.6) is 34.5 Å². The summed E-state index contributed by atoms with van der Waals surface area (Å²) in [6.45, 7) is 2.14. The Balaban J connectivity index is 1.78. The molecule has 1 amide bonds. The summed E-state index contributed by atoms with van der Waals surface area (Å²) in [6, 6.07) is 14.7. The standard InChI is InChI=1S/C27H28N2O8/c1-6-36-22-13-17(16-28-29-26(30)19-9-7-8-10-20(19)32-2)11-12-21(22)37-27(31)18-14-23(33-3)25(35-5)24(15-18)34-4/h7-16H,6H2,1-5H3,(H,29,30)/b28-16+. The smallest absolute Gasteiger partial charge is 0.343 e. The predicted octanol–water partition coefficient (Wildman–Crippen LogP) is 4.10. The number of carbonyl (C=O) groups excluding carboxylic acids is 2. The molecule has 0 spiro atoms. The van der Waals surface area contributed by atoms with Gasteiger partial charge in [0.05, 0.1) is 52.4 Å². The SMILES string of the molecule is CCOc1cc(/C=N/NC(=O)c2ccccc2OC)ccc1OC(=O)c1cc(OC)c(OC)c(OC)c1. The Morgan fingerprint density at radius 1 is 0.811 bits per heavy atom. The van der Waals surface area contributed by atoms with Gasteiger partial charge < -0.3 is 28.4 Å². The highest BCUT2D eigenvalue weighted by Gasteiger charge is 2.20. The molecule has 0 atom stereocenters. The molecule has 3 rings (SSSR count). The molecule has 1 N–H and O–H groups in total. The fraction of sp³-hybridized carbons (Fsp3) is 0.222. The monoisotopic (exact) mass is 508 g/mol. The van der Waals surface area contributed by atoms with Crippen molar-refractivity contribution in [2.24, 2.45) is 5.10 Å². The molecule has 10 heteroatoms. The maximum Gasteiger partial charge on any atom is 0.343 e. The van der Waals surface area contributed by atoms with E-state index in [1.807, 2.05) is 0 Å². The van der Waals surface area contributed by atoms with E-state index in [4.69, 9.17) is 28.4 Å². The molecule has 10 nitrogen and oxygen atoms in total. The molecule has 0 aromatic heterocycles. The number of amides is 1. The average Bonchev–Trinajstić information content (AvgIpc) is 2.93. The van der Waals surface area contributed by atoms with E-state index in [1.54, 1.807) is 49.4 Å². The van der Waals surface area contributed by atoms with E-state index in [1.165, 1.54) is 46.8 Å². The Kier molecular flexibility index (Phi) is 9.31. The van der Waals surface area contributed by atoms with Crippen LogP contribution in [0.4, 0.5) is 0 Å². The molecule has 0 aliphatic rings. The van der Waals surface area contributed by atoms with E-state index in [0.717, 1.165) is 0 Å². The van der Waals surface area contributed by atoms with Gasteiger partial charge in [0.2, 0.25) is 5.75 Å². The van der Waals surface area contributed by atoms with Crippen molar-refractivity contribution in [3.63, 3.8) is 0 Å². The molecule has 194 valence electrons. The van der Waals surface area contributed by atoms with Crippen molar-refractivity contribution >= 4 is 18.1 Å². The van der Waals surface area contributed by atoms with Gasteiger partial charge in [0.15, 0.2) is 23.0 Å². The van der Waals surface area contributed by atoms with E-state index in [2.05, 4.69) is 10.5 Å². The minimum absolute atomic E-state index is 0.196. The van der Waals surface area contributed by atoms with Crippen LogP contribution >= 0.6 is 0 Å². The van der Waals surface area contributed by atoms with Gasteiger partial charge in [0, 0.05) is 0 Å². The van der Waals surface area contributed by atoms with Gasteiger partial charge in [-0.3, -0.25) is 4.79 Å². The quantitative estimate of drug-likeness (QED) is 0.178. The third-order valence-electron chi connectivity index (χ3n) is 5.10. The second-order valence-electron chi connectivity index (χ2n) is 7.34. The lowest BCUT2D eigenvalue weighted by molar-refractivity contribution is 0.0727. The number of rotatable bonds is 11. The van der Waals surface area contributed by atoms with E-state index in [-0.39, 0.29) is 11.3 Å². The molecular weight excluding hydrogens is 480 g/mol. The zero-order valence-electron chi connectivity index (χ0n) is 21.2. The zero-order chi connectivity index (χ0) is 26.8. The largest absolute Gasteiger partial charge is 0.496 e. The summed E-state index contributed by atoms with van der Waals surface area (Å²) >= 11 is 0. The number of hydrazone groups is 1. The lowest BCUT2D eigenvalue weighted by Gasteiger charge is -2.15. The number of hydrogen-bond donors (Lipinski definition) is 1. The van der Waals surface area contributed by atoms with Gasteiger partial charge in [-0.15, -0.1) is 0 Å². The fourth-order valence-electron chi connectivity index (χ4n) is 3.37. The van der Waals surface area contributed by atoms with Crippen LogP contribution in [0.25, 0.3) is 0 Å². The summed E-state index contributed by atoms with van der Waals surface area (Å²) < 4.78 is 32.3. The molecular formula is C27H28N2O8. The number of nitrogens with one attached hydrogen (secondary N) is 1. The number of nitrogens with zero attached hydrogens (tertiary/aromatic N) is 1. The molecule has 0 bridgehead atoms. The Bertz CT molecular complexity index is 1260. The summed E-state index contributed by atoms with van der Waals surface area (Å²) in [5.41, 5.74) is 3.62. The number of carbonyl (C=O) groups is 2. The predicted molar refractivity (Wildman–Crippen MR) is 137 cm³/mol. The fourth-order valence-corrected chi connectivity index (χ4v) is 3.37. The number of para-hydroxylation sites is 1. The van der Waals surface area contributed by atoms with Crippen LogP contribution in [-0.4, -0.2) is 53.1 Å². The highest BCUT2D eigenvalue weighted by Crippen LogP contribution is 2.39. The van der Waals surface area contributed by atoms with Crippen LogP contribution in [0.2, 0.25) is 0 Å². The summed E-state index contributed by atoms with van der Waals surface area (Å²) in [6.07, 6.45) is 1.45. The first kappa shape index (κ1) is 26.9. The van der Waals surface area contributed by atoms with E-state index < -0.39 is 11.9 Å². The van der Waals surface area contributed by atoms with Gasteiger partial charge in [0.1, 0.15) is 5.75 Å². The van der Waals surface area contributed by atoms with Gasteiger partial charge >= 0.3 is 5.97 Å². The van der Waals surface area contributed by atoms with Crippen molar-refractivity contribution in [3.8, 4) is 34.5 Å². The second-order valence-corrected chi connectivity index (χ2v) is 7.34. The van der Waals surface area contributed by atoms with Crippen LogP contribution in [-0.2, 0) is 0 Å². The van der Waals surface area contributed by atoms with Crippen molar-refractivity contribution in [2.75, 3.05) is 35.0 Å². The average molecular weight is 509 g/mol. The molecule has 0 radical (unpaired) electrons. The highest BCUT2D eigenvalue weighted by atomic mass is 16.6. The number of benzene rings is 3. The van der Waals surface area contributed by atoms with Crippen molar-refractivity contribution < 1.29 is 38.0 Å². The summed E-state index contributed by atoms with van der Waals surface area (Å²) in [5, 5.41) is 4.00. The van der Waals surface area contributed by atoms with Crippen molar-refractivity contribution in [1.29, 1.82) is 0 Å². The number of methoxy groups -OCH3 is 4. The lowest BCUT2D eigenvalue weighted by Crippen LogP contribution is -2.18. The Labute approximate surface area is 214 Å². The topological polar surface area (TPSA) is 114 Å². The molecule has 0 aliphatic heterocycles. The Morgan fingerprint density at radius 2 is 1.49 bits per heavy atom. The van der Waals surface area contributed by atoms with E-state index in [0.29, 0.717) is 46.5 Å². The van der Waals surface area contributed by atoms with Crippen LogP contribution < -0.4 is 33.8 Å². The molecule has 0 saturated carbocycles. The second kappa shape index (κ2) is 12.8. The normalized spacial score (nSPS) is 10.5. The Hall–Kier alpha value is -4.73. The maximum atomic E-state index is 12.9. The molecule has 0 fully saturated rings. The van der Waals surface area contributed by atoms with E-state index >= 15 is 0 Å². The molecule has 3 aromatic rings. The first-order valence-electron chi connectivity index (χ1n) is 11.2. The van der Waals surface area contributed by atoms with Crippen molar-refractivity contribution in [1.82, 2.24) is 5.43 Å². The molecule has 3 aromatic carbocycles. The maximum absolute atomic E-state index is 12.9. The number of ether oxygens (including phenoxy) is 6. The summed E-state index contributed by atoms with van der Waals surface area (Å²) in [7, 11) is 5.87. The van der Waals surface area contributed by atoms with Crippen LogP contribution in [0.3, 0.4) is 0 Å². The first-order chi connectivity index (χ1) is 17.9. The van der Waals surface area contributed by atoms with Crippen LogP contribution in [0.1, 0.15) is 33.2 Å². The highest BCUT2D eigenvalue weighted by molar-refractivity contribution is 5.97. The van der Waals surface area contributed by atoms with Gasteiger partial charge in [-0.05, 0) is 55.0 Å². The number of hydrogen-bond acceptors (Lipinski definition) is 9. The third-order valence-corrected chi connectivity index (χ3v) is 5.10. The molecule has 0 unspecified atom stereocenters. The van der Waals surface area contributed by atoms with Gasteiger partial charge in [-0.25, -0.2) is 10.2 Å². The van der Waals surface area contributed by atoms with Crippen molar-refractivity contribution in [3.05, 3.63) is 71.3 Å². The summed E-state index contributed by atoms with van der Waals surface area (Å²) in [4.78, 5) is 25.3. The van der Waals surface area contributed by atoms with Gasteiger partial charge in [0.25, 0.3) is 5.91 Å². The Morgan fingerprint density at radius 3 is 2.11 bits per heavy atom. The zero-order valence-corrected chi connectivity index (χ0v) is 21.2. The lowest BCUT2D eigenvalue weighted by atomic mass is 10.1. The van der Waals surface area contributed by atoms with Gasteiger partial charge in [-0.2, -0.15) is 5.10 Å². The molecule has 0 heterocycles. The third kappa shape index (κ3) is 6.49. The minimum atomic E-state index is -0.648. The van der Waals surface area contributed by atoms with Crippen LogP contribution in [0.15, 0.2) is 59.7 Å². The van der Waals surface area contributed by atoms with Gasteiger partial charge in [-0.1, -0.05) is 12.1 Å². The number of esters is 1. The molecule has 0 aliphatic carbocycles. The molecule has 37 heavy (non-hydrogen) atoms.